The zero-order valence-corrected chi connectivity index (χ0v) is 32.5. The number of hydroxylamine groups is 2. The monoisotopic (exact) mass is 818 g/mol. The minimum Gasteiger partial charge on any atom is -0.480 e. The number of hydrogen-bond donors (Lipinski definition) is 2. The molecule has 2 aliphatic heterocycles. The lowest BCUT2D eigenvalue weighted by Crippen LogP contribution is -2.33. The molecule has 2 aromatic carbocycles. The van der Waals surface area contributed by atoms with Gasteiger partial charge >= 0.3 is 0 Å². The number of aromatic nitrogens is 6. The molecule has 7 heterocycles. The van der Waals surface area contributed by atoms with Gasteiger partial charge in [-0.1, -0.05) is 43.8 Å². The number of pyridine rings is 2. The number of ether oxygens (including phenoxy) is 2. The molecule has 0 saturated heterocycles. The Bertz CT molecular complexity index is 2570. The predicted octanol–water partition coefficient (Wildman–Crippen LogP) is 7.10. The van der Waals surface area contributed by atoms with Crippen molar-refractivity contribution in [1.82, 2.24) is 39.6 Å². The Kier molecular flexibility index (Phi) is 11.2. The average molecular weight is 820 g/mol. The molecule has 2 N–H and O–H groups in total. The number of amidine groups is 2. The molecule has 2 unspecified atom stereocenters. The molecule has 5 aromatic heterocycles. The number of nitrogens with one attached hydrogen (secondary N) is 2. The second kappa shape index (κ2) is 16.4. The van der Waals surface area contributed by atoms with E-state index in [1.165, 1.54) is 21.8 Å². The standard InChI is InChI=1S/C22H22N6O2.C18H17BrN4O2.CH4/c1-14-10-28(13-23-14)20-9-8-17(25-22(20)29-3)21-24-18(12-30-26-21)16-11-27(2)19-7-5-4-6-15(16)19;1-23-9-12(11-5-3-4-6-16(11)23)15-10-25-22-17(20-15)14-8-7-13(19)18(21-14)24-2;/h4-11,13,18H,12H2,1-3H3,(H,24,26);3-9,15H,10H2,1-2H3,(H,20,22);1H4. The van der Waals surface area contributed by atoms with Crippen molar-refractivity contribution < 1.29 is 19.1 Å². The first-order valence-corrected chi connectivity index (χ1v) is 18.4. The van der Waals surface area contributed by atoms with Gasteiger partial charge in [0.05, 0.1) is 30.7 Å². The molecule has 0 fully saturated rings. The second-order valence-electron chi connectivity index (χ2n) is 13.1. The third kappa shape index (κ3) is 7.48. The van der Waals surface area contributed by atoms with E-state index in [0.29, 0.717) is 48.0 Å². The van der Waals surface area contributed by atoms with Gasteiger partial charge in [-0.2, -0.15) is 0 Å². The van der Waals surface area contributed by atoms with Crippen molar-refractivity contribution in [2.24, 2.45) is 24.1 Å². The number of benzene rings is 2. The van der Waals surface area contributed by atoms with E-state index in [-0.39, 0.29) is 19.5 Å². The summed E-state index contributed by atoms with van der Waals surface area (Å²) in [5.74, 6) is 2.16. The fourth-order valence-corrected chi connectivity index (χ4v) is 7.20. The molecule has 0 aliphatic carbocycles. The zero-order valence-electron chi connectivity index (χ0n) is 30.9. The van der Waals surface area contributed by atoms with Crippen molar-refractivity contribution in [3.8, 4) is 17.4 Å². The Labute approximate surface area is 332 Å². The van der Waals surface area contributed by atoms with Crippen molar-refractivity contribution >= 4 is 49.4 Å². The van der Waals surface area contributed by atoms with Gasteiger partial charge < -0.3 is 23.2 Å². The SMILES string of the molecule is C.COc1nc(C2=NC(c3cn(C)c4ccccc34)CON2)ccc1-n1cnc(C)c1.COc1nc(C2=NC(c3cn(C)c4ccccc34)CON2)ccc1Br. The number of para-hydroxylation sites is 2. The average Bonchev–Trinajstić information content (AvgIpc) is 3.92. The van der Waals surface area contributed by atoms with Crippen LogP contribution in [0.15, 0.2) is 112 Å². The lowest BCUT2D eigenvalue weighted by Gasteiger charge is -2.22. The molecule has 0 saturated carbocycles. The first-order chi connectivity index (χ1) is 26.8. The van der Waals surface area contributed by atoms with Crippen molar-refractivity contribution in [2.75, 3.05) is 27.4 Å². The van der Waals surface area contributed by atoms with Gasteiger partial charge in [-0.15, -0.1) is 0 Å². The normalized spacial score (nSPS) is 16.5. The fourth-order valence-electron chi connectivity index (χ4n) is 6.81. The van der Waals surface area contributed by atoms with E-state index in [1.54, 1.807) is 20.5 Å². The van der Waals surface area contributed by atoms with Crippen LogP contribution < -0.4 is 20.4 Å². The highest BCUT2D eigenvalue weighted by Crippen LogP contribution is 2.32. The smallest absolute Gasteiger partial charge is 0.238 e. The fraction of sp³-hybridized carbons (Fsp3) is 0.244. The van der Waals surface area contributed by atoms with E-state index in [4.69, 9.17) is 29.1 Å². The number of methoxy groups -OCH3 is 2. The quantitative estimate of drug-likeness (QED) is 0.173. The highest BCUT2D eigenvalue weighted by atomic mass is 79.9. The number of nitrogens with zero attached hydrogens (tertiary/aromatic N) is 8. The molecule has 7 aromatic rings. The number of fused-ring (bicyclic) bond motifs is 2. The van der Waals surface area contributed by atoms with E-state index in [1.807, 2.05) is 80.3 Å². The predicted molar refractivity (Wildman–Crippen MR) is 220 cm³/mol. The summed E-state index contributed by atoms with van der Waals surface area (Å²) in [5.41, 5.74) is 13.5. The van der Waals surface area contributed by atoms with Gasteiger partial charge in [-0.25, -0.2) is 25.9 Å². The van der Waals surface area contributed by atoms with Crippen LogP contribution >= 0.6 is 15.9 Å². The van der Waals surface area contributed by atoms with Gasteiger partial charge in [0.2, 0.25) is 11.8 Å². The zero-order chi connectivity index (χ0) is 38.1. The highest BCUT2D eigenvalue weighted by molar-refractivity contribution is 9.10. The minimum absolute atomic E-state index is 0. The molecule has 56 heavy (non-hydrogen) atoms. The van der Waals surface area contributed by atoms with Gasteiger partial charge in [0.1, 0.15) is 42.4 Å². The Balaban J connectivity index is 0.000000171. The Morgan fingerprint density at radius 3 is 1.73 bits per heavy atom. The number of imidazole rings is 1. The summed E-state index contributed by atoms with van der Waals surface area (Å²) in [6, 6.07) is 24.0. The maximum absolute atomic E-state index is 5.67. The van der Waals surface area contributed by atoms with Crippen LogP contribution in [-0.4, -0.2) is 67.8 Å². The van der Waals surface area contributed by atoms with Gasteiger partial charge in [-0.3, -0.25) is 19.7 Å². The highest BCUT2D eigenvalue weighted by Gasteiger charge is 2.25. The number of rotatable bonds is 7. The number of aryl methyl sites for hydroxylation is 3. The van der Waals surface area contributed by atoms with E-state index in [2.05, 4.69) is 87.6 Å². The van der Waals surface area contributed by atoms with Crippen molar-refractivity contribution in [1.29, 1.82) is 0 Å². The van der Waals surface area contributed by atoms with Crippen LogP contribution in [0.2, 0.25) is 0 Å². The topological polar surface area (TPSA) is 139 Å². The van der Waals surface area contributed by atoms with Crippen LogP contribution in [0.25, 0.3) is 27.5 Å². The Morgan fingerprint density at radius 2 is 1.21 bits per heavy atom. The van der Waals surface area contributed by atoms with Crippen LogP contribution in [0.5, 0.6) is 11.8 Å². The molecule has 2 atom stereocenters. The van der Waals surface area contributed by atoms with Gasteiger partial charge in [0.25, 0.3) is 0 Å². The van der Waals surface area contributed by atoms with Crippen LogP contribution in [0, 0.1) is 6.92 Å². The molecular formula is C41H43BrN10O4. The van der Waals surface area contributed by atoms with E-state index in [0.717, 1.165) is 27.0 Å². The molecular weight excluding hydrogens is 776 g/mol. The minimum atomic E-state index is -0.129. The summed E-state index contributed by atoms with van der Waals surface area (Å²) in [4.78, 5) is 34.4. The molecule has 9 rings (SSSR count). The summed E-state index contributed by atoms with van der Waals surface area (Å²) in [5, 5.41) is 2.36. The van der Waals surface area contributed by atoms with Gasteiger partial charge in [0.15, 0.2) is 11.7 Å². The first-order valence-electron chi connectivity index (χ1n) is 17.6. The summed E-state index contributed by atoms with van der Waals surface area (Å²) < 4.78 is 17.7. The van der Waals surface area contributed by atoms with Crippen molar-refractivity contribution in [3.05, 3.63) is 130 Å². The third-order valence-electron chi connectivity index (χ3n) is 9.48. The summed E-state index contributed by atoms with van der Waals surface area (Å²) >= 11 is 3.41. The molecule has 0 amide bonds. The Morgan fingerprint density at radius 1 is 0.696 bits per heavy atom. The third-order valence-corrected chi connectivity index (χ3v) is 10.1. The van der Waals surface area contributed by atoms with Crippen LogP contribution in [0.1, 0.15) is 47.7 Å². The van der Waals surface area contributed by atoms with Crippen molar-refractivity contribution in [2.45, 2.75) is 26.4 Å². The summed E-state index contributed by atoms with van der Waals surface area (Å²) in [6.07, 6.45) is 7.89. The first kappa shape index (κ1) is 38.3. The largest absolute Gasteiger partial charge is 0.480 e. The number of hydrogen-bond acceptors (Lipinski definition) is 11. The van der Waals surface area contributed by atoms with E-state index < -0.39 is 0 Å². The molecule has 0 spiro atoms. The van der Waals surface area contributed by atoms with E-state index >= 15 is 0 Å². The van der Waals surface area contributed by atoms with Crippen LogP contribution in [0.3, 0.4) is 0 Å². The number of halogens is 1. The molecule has 288 valence electrons. The van der Waals surface area contributed by atoms with Crippen LogP contribution in [0.4, 0.5) is 0 Å². The molecule has 0 radical (unpaired) electrons. The summed E-state index contributed by atoms with van der Waals surface area (Å²) in [6.45, 7) is 2.85. The summed E-state index contributed by atoms with van der Waals surface area (Å²) in [7, 11) is 7.27. The maximum atomic E-state index is 5.67. The lowest BCUT2D eigenvalue weighted by molar-refractivity contribution is 0.0622. The number of aliphatic imine (C=N–C) groups is 2. The second-order valence-corrected chi connectivity index (χ2v) is 13.9. The molecule has 14 nitrogen and oxygen atoms in total. The van der Waals surface area contributed by atoms with Gasteiger partial charge in [-0.05, 0) is 59.3 Å². The maximum Gasteiger partial charge on any atom is 0.238 e. The lowest BCUT2D eigenvalue weighted by atomic mass is 10.1. The molecule has 15 heteroatoms. The Hall–Kier alpha value is -6.03. The molecule has 2 aliphatic rings. The van der Waals surface area contributed by atoms with Gasteiger partial charge in [0, 0.05) is 65.6 Å². The van der Waals surface area contributed by atoms with E-state index in [9.17, 15) is 0 Å². The van der Waals surface area contributed by atoms with Crippen molar-refractivity contribution in [3.63, 3.8) is 0 Å². The van der Waals surface area contributed by atoms with Crippen LogP contribution in [-0.2, 0) is 23.8 Å². The molecule has 0 bridgehead atoms.